The molecule has 0 heterocycles. The molecular weight excluding hydrogens is 148 g/mol. The van der Waals surface area contributed by atoms with Crippen molar-refractivity contribution in [2.45, 2.75) is 40.2 Å². The largest absolute Gasteiger partial charge is 0.316 e. The van der Waals surface area contributed by atoms with E-state index in [0.717, 1.165) is 25.6 Å². The normalized spacial score (nSPS) is 13.8. The van der Waals surface area contributed by atoms with Gasteiger partial charge in [-0.15, -0.1) is 0 Å². The van der Waals surface area contributed by atoms with Crippen LogP contribution in [0.1, 0.15) is 34.1 Å². The van der Waals surface area contributed by atoms with Gasteiger partial charge in [0.1, 0.15) is 0 Å². The van der Waals surface area contributed by atoms with Gasteiger partial charge in [0.05, 0.1) is 0 Å². The van der Waals surface area contributed by atoms with Crippen LogP contribution in [0.25, 0.3) is 0 Å². The summed E-state index contributed by atoms with van der Waals surface area (Å²) in [5.74, 6) is 0.763. The van der Waals surface area contributed by atoms with E-state index in [9.17, 15) is 0 Å². The summed E-state index contributed by atoms with van der Waals surface area (Å²) in [5, 5.41) is 6.83. The molecule has 0 aromatic rings. The topological polar surface area (TPSA) is 24.1 Å². The number of hydrogen-bond donors (Lipinski definition) is 2. The Morgan fingerprint density at radius 2 is 1.83 bits per heavy atom. The van der Waals surface area contributed by atoms with E-state index >= 15 is 0 Å². The standard InChI is InChI=1S/C10H24N2/c1-5-12-10(4)6-7-11-8-9(2)3/h9-12H,5-8H2,1-4H3. The Morgan fingerprint density at radius 1 is 1.17 bits per heavy atom. The summed E-state index contributed by atoms with van der Waals surface area (Å²) in [6.07, 6.45) is 1.22. The zero-order valence-electron chi connectivity index (χ0n) is 8.98. The third-order valence-electron chi connectivity index (χ3n) is 1.86. The van der Waals surface area contributed by atoms with Crippen molar-refractivity contribution in [1.82, 2.24) is 10.6 Å². The fourth-order valence-corrected chi connectivity index (χ4v) is 1.16. The monoisotopic (exact) mass is 172 g/mol. The van der Waals surface area contributed by atoms with Gasteiger partial charge in [0.25, 0.3) is 0 Å². The van der Waals surface area contributed by atoms with Crippen molar-refractivity contribution < 1.29 is 0 Å². The van der Waals surface area contributed by atoms with Crippen LogP contribution in [0.2, 0.25) is 0 Å². The van der Waals surface area contributed by atoms with Crippen LogP contribution in [0.5, 0.6) is 0 Å². The maximum absolute atomic E-state index is 3.43. The lowest BCUT2D eigenvalue weighted by Gasteiger charge is -2.13. The smallest absolute Gasteiger partial charge is 0.00506 e. The van der Waals surface area contributed by atoms with Gasteiger partial charge in [0.15, 0.2) is 0 Å². The average Bonchev–Trinajstić information content (AvgIpc) is 1.98. The highest BCUT2D eigenvalue weighted by Crippen LogP contribution is 1.90. The van der Waals surface area contributed by atoms with E-state index < -0.39 is 0 Å². The second-order valence-corrected chi connectivity index (χ2v) is 3.85. The molecule has 2 nitrogen and oxygen atoms in total. The van der Waals surface area contributed by atoms with Crippen LogP contribution >= 0.6 is 0 Å². The highest BCUT2D eigenvalue weighted by atomic mass is 14.9. The lowest BCUT2D eigenvalue weighted by molar-refractivity contribution is 0.481. The average molecular weight is 172 g/mol. The van der Waals surface area contributed by atoms with Crippen LogP contribution < -0.4 is 10.6 Å². The Balaban J connectivity index is 3.08. The van der Waals surface area contributed by atoms with Gasteiger partial charge in [-0.2, -0.15) is 0 Å². The Morgan fingerprint density at radius 3 is 2.33 bits per heavy atom. The predicted octanol–water partition coefficient (Wildman–Crippen LogP) is 1.62. The molecular formula is C10H24N2. The fraction of sp³-hybridized carbons (Fsp3) is 1.00. The van der Waals surface area contributed by atoms with Crippen molar-refractivity contribution in [3.8, 4) is 0 Å². The molecule has 0 saturated heterocycles. The van der Waals surface area contributed by atoms with Crippen LogP contribution in [0.4, 0.5) is 0 Å². The molecule has 74 valence electrons. The molecule has 1 unspecified atom stereocenters. The first-order valence-electron chi connectivity index (χ1n) is 5.10. The molecule has 0 saturated carbocycles. The fourth-order valence-electron chi connectivity index (χ4n) is 1.16. The first kappa shape index (κ1) is 11.9. The zero-order chi connectivity index (χ0) is 9.40. The van der Waals surface area contributed by atoms with Gasteiger partial charge < -0.3 is 10.6 Å². The molecule has 0 fully saturated rings. The number of rotatable bonds is 7. The lowest BCUT2D eigenvalue weighted by atomic mass is 10.2. The van der Waals surface area contributed by atoms with Gasteiger partial charge in [-0.1, -0.05) is 20.8 Å². The molecule has 0 aliphatic rings. The molecule has 0 aliphatic heterocycles. The minimum absolute atomic E-state index is 0.648. The molecule has 2 N–H and O–H groups in total. The van der Waals surface area contributed by atoms with Crippen LogP contribution in [0.15, 0.2) is 0 Å². The summed E-state index contributed by atoms with van der Waals surface area (Å²) in [6.45, 7) is 12.2. The summed E-state index contributed by atoms with van der Waals surface area (Å²) in [4.78, 5) is 0. The van der Waals surface area contributed by atoms with Crippen molar-refractivity contribution in [2.75, 3.05) is 19.6 Å². The molecule has 0 aromatic heterocycles. The van der Waals surface area contributed by atoms with E-state index in [0.29, 0.717) is 6.04 Å². The first-order chi connectivity index (χ1) is 5.66. The Labute approximate surface area is 77.1 Å². The first-order valence-corrected chi connectivity index (χ1v) is 5.10. The van der Waals surface area contributed by atoms with Crippen molar-refractivity contribution in [1.29, 1.82) is 0 Å². The summed E-state index contributed by atoms with van der Waals surface area (Å²) in [6, 6.07) is 0.648. The predicted molar refractivity (Wildman–Crippen MR) is 55.5 cm³/mol. The molecule has 2 heteroatoms. The van der Waals surface area contributed by atoms with Gasteiger partial charge in [0, 0.05) is 6.04 Å². The lowest BCUT2D eigenvalue weighted by Crippen LogP contribution is -2.30. The summed E-state index contributed by atoms with van der Waals surface area (Å²) >= 11 is 0. The summed E-state index contributed by atoms with van der Waals surface area (Å²) in [5.41, 5.74) is 0. The molecule has 0 aromatic carbocycles. The SMILES string of the molecule is CCNC(C)CCNCC(C)C. The number of hydrogen-bond acceptors (Lipinski definition) is 2. The van der Waals surface area contributed by atoms with Gasteiger partial charge in [0.2, 0.25) is 0 Å². The third-order valence-corrected chi connectivity index (χ3v) is 1.86. The maximum atomic E-state index is 3.43. The minimum Gasteiger partial charge on any atom is -0.316 e. The Bertz CT molecular complexity index is 91.8. The van der Waals surface area contributed by atoms with E-state index in [1.165, 1.54) is 6.42 Å². The maximum Gasteiger partial charge on any atom is 0.00506 e. The zero-order valence-corrected chi connectivity index (χ0v) is 8.98. The van der Waals surface area contributed by atoms with Crippen molar-refractivity contribution in [3.63, 3.8) is 0 Å². The van der Waals surface area contributed by atoms with Gasteiger partial charge in [-0.05, 0) is 38.9 Å². The van der Waals surface area contributed by atoms with Crippen molar-refractivity contribution in [3.05, 3.63) is 0 Å². The van der Waals surface area contributed by atoms with Crippen molar-refractivity contribution >= 4 is 0 Å². The van der Waals surface area contributed by atoms with Crippen LogP contribution in [-0.2, 0) is 0 Å². The third kappa shape index (κ3) is 8.02. The summed E-state index contributed by atoms with van der Waals surface area (Å²) in [7, 11) is 0. The molecule has 12 heavy (non-hydrogen) atoms. The van der Waals surface area contributed by atoms with E-state index in [4.69, 9.17) is 0 Å². The summed E-state index contributed by atoms with van der Waals surface area (Å²) < 4.78 is 0. The van der Waals surface area contributed by atoms with Gasteiger partial charge in [-0.3, -0.25) is 0 Å². The Hall–Kier alpha value is -0.0800. The van der Waals surface area contributed by atoms with Crippen LogP contribution in [-0.4, -0.2) is 25.7 Å². The number of nitrogens with one attached hydrogen (secondary N) is 2. The van der Waals surface area contributed by atoms with Crippen LogP contribution in [0.3, 0.4) is 0 Å². The molecule has 0 radical (unpaired) electrons. The van der Waals surface area contributed by atoms with E-state index in [-0.39, 0.29) is 0 Å². The second kappa shape index (κ2) is 7.56. The van der Waals surface area contributed by atoms with Crippen molar-refractivity contribution in [2.24, 2.45) is 5.92 Å². The van der Waals surface area contributed by atoms with E-state index in [1.54, 1.807) is 0 Å². The quantitative estimate of drug-likeness (QED) is 0.570. The minimum atomic E-state index is 0.648. The van der Waals surface area contributed by atoms with E-state index in [2.05, 4.69) is 38.3 Å². The second-order valence-electron chi connectivity index (χ2n) is 3.85. The van der Waals surface area contributed by atoms with E-state index in [1.807, 2.05) is 0 Å². The molecule has 0 bridgehead atoms. The molecule has 0 amide bonds. The van der Waals surface area contributed by atoms with Crippen LogP contribution in [0, 0.1) is 5.92 Å². The molecule has 0 aliphatic carbocycles. The molecule has 1 atom stereocenters. The molecule has 0 rings (SSSR count). The highest BCUT2D eigenvalue weighted by molar-refractivity contribution is 4.61. The highest BCUT2D eigenvalue weighted by Gasteiger charge is 1.98. The molecule has 0 spiro atoms. The Kier molecular flexibility index (Phi) is 7.51. The van der Waals surface area contributed by atoms with Gasteiger partial charge in [-0.25, -0.2) is 0 Å². The van der Waals surface area contributed by atoms with Gasteiger partial charge >= 0.3 is 0 Å².